The first-order chi connectivity index (χ1) is 11.5. The standard InChI is InChI=1S/C18H16Cl2O4/c1-3-23-15-14(21)13(19)17(24-4-2)18(22,16(15)20)11-10-12-8-6-5-7-9-12/h5-9,22H,3-4H2,1-2H3/t18-/m1/s1. The van der Waals surface area contributed by atoms with E-state index in [4.69, 9.17) is 32.7 Å². The van der Waals surface area contributed by atoms with Crippen molar-refractivity contribution >= 4 is 29.0 Å². The third kappa shape index (κ3) is 3.44. The number of hydrogen-bond donors (Lipinski definition) is 1. The Bertz CT molecular complexity index is 756. The van der Waals surface area contributed by atoms with E-state index in [-0.39, 0.29) is 34.8 Å². The molecular weight excluding hydrogens is 351 g/mol. The lowest BCUT2D eigenvalue weighted by Crippen LogP contribution is -2.38. The number of allylic oxidation sites excluding steroid dienone is 1. The van der Waals surface area contributed by atoms with Gasteiger partial charge in [-0.2, -0.15) is 0 Å². The van der Waals surface area contributed by atoms with Crippen LogP contribution in [0.1, 0.15) is 19.4 Å². The van der Waals surface area contributed by atoms with Gasteiger partial charge >= 0.3 is 0 Å². The highest BCUT2D eigenvalue weighted by molar-refractivity contribution is 6.48. The first-order valence-electron chi connectivity index (χ1n) is 7.37. The van der Waals surface area contributed by atoms with Crippen LogP contribution in [0.5, 0.6) is 0 Å². The van der Waals surface area contributed by atoms with Gasteiger partial charge in [-0.3, -0.25) is 4.79 Å². The maximum atomic E-state index is 12.3. The molecule has 1 aliphatic rings. The van der Waals surface area contributed by atoms with E-state index in [2.05, 4.69) is 11.8 Å². The van der Waals surface area contributed by atoms with Crippen molar-refractivity contribution in [3.8, 4) is 11.8 Å². The van der Waals surface area contributed by atoms with Crippen molar-refractivity contribution in [1.29, 1.82) is 0 Å². The summed E-state index contributed by atoms with van der Waals surface area (Å²) >= 11 is 12.3. The number of ether oxygens (including phenoxy) is 2. The van der Waals surface area contributed by atoms with Gasteiger partial charge in [-0.1, -0.05) is 47.3 Å². The quantitative estimate of drug-likeness (QED) is 0.830. The average Bonchev–Trinajstić information content (AvgIpc) is 2.60. The van der Waals surface area contributed by atoms with Crippen LogP contribution < -0.4 is 0 Å². The lowest BCUT2D eigenvalue weighted by Gasteiger charge is -2.30. The zero-order valence-electron chi connectivity index (χ0n) is 13.2. The van der Waals surface area contributed by atoms with E-state index in [0.29, 0.717) is 5.56 Å². The SMILES string of the molecule is CCOC1=C(Cl)[C@](O)(C#Cc2ccccc2)C(OCC)=C(Cl)C1=O. The molecule has 0 fully saturated rings. The normalized spacial score (nSPS) is 20.6. The van der Waals surface area contributed by atoms with Gasteiger partial charge in [-0.05, 0) is 31.9 Å². The van der Waals surface area contributed by atoms with Crippen molar-refractivity contribution in [3.63, 3.8) is 0 Å². The summed E-state index contributed by atoms with van der Waals surface area (Å²) in [6.07, 6.45) is 0. The van der Waals surface area contributed by atoms with E-state index >= 15 is 0 Å². The molecule has 0 saturated heterocycles. The third-order valence-corrected chi connectivity index (χ3v) is 3.98. The van der Waals surface area contributed by atoms with Crippen molar-refractivity contribution in [1.82, 2.24) is 0 Å². The molecule has 0 amide bonds. The van der Waals surface area contributed by atoms with Crippen LogP contribution in [0.15, 0.2) is 51.9 Å². The fourth-order valence-corrected chi connectivity index (χ4v) is 2.66. The molecule has 0 radical (unpaired) electrons. The van der Waals surface area contributed by atoms with Crippen molar-refractivity contribution in [3.05, 3.63) is 57.5 Å². The lowest BCUT2D eigenvalue weighted by molar-refractivity contribution is -0.116. The molecule has 6 heteroatoms. The van der Waals surface area contributed by atoms with Crippen LogP contribution in [0.2, 0.25) is 0 Å². The topological polar surface area (TPSA) is 55.8 Å². The molecular formula is C18H16Cl2O4. The highest BCUT2D eigenvalue weighted by Crippen LogP contribution is 2.40. The molecule has 2 rings (SSSR count). The van der Waals surface area contributed by atoms with Crippen LogP contribution in [0, 0.1) is 11.8 Å². The minimum absolute atomic E-state index is 0.183. The Morgan fingerprint density at radius 3 is 2.33 bits per heavy atom. The number of hydrogen-bond acceptors (Lipinski definition) is 4. The van der Waals surface area contributed by atoms with Gasteiger partial charge < -0.3 is 14.6 Å². The lowest BCUT2D eigenvalue weighted by atomic mass is 9.93. The van der Waals surface area contributed by atoms with Crippen LogP contribution in [-0.2, 0) is 14.3 Å². The van der Waals surface area contributed by atoms with Crippen LogP contribution in [0.25, 0.3) is 0 Å². The molecule has 24 heavy (non-hydrogen) atoms. The van der Waals surface area contributed by atoms with Gasteiger partial charge in [0, 0.05) is 5.56 Å². The number of carbonyl (C=O) groups is 1. The zero-order chi connectivity index (χ0) is 17.7. The van der Waals surface area contributed by atoms with E-state index in [1.54, 1.807) is 26.0 Å². The van der Waals surface area contributed by atoms with Gasteiger partial charge in [0.2, 0.25) is 11.4 Å². The second-order valence-corrected chi connectivity index (χ2v) is 5.56. The predicted octanol–water partition coefficient (Wildman–Crippen LogP) is 3.33. The van der Waals surface area contributed by atoms with Gasteiger partial charge in [-0.25, -0.2) is 0 Å². The van der Waals surface area contributed by atoms with E-state index < -0.39 is 11.4 Å². The Balaban J connectivity index is 2.60. The molecule has 1 aromatic carbocycles. The number of rotatable bonds is 4. The van der Waals surface area contributed by atoms with E-state index in [9.17, 15) is 9.90 Å². The summed E-state index contributed by atoms with van der Waals surface area (Å²) < 4.78 is 10.6. The van der Waals surface area contributed by atoms with Crippen molar-refractivity contribution in [2.75, 3.05) is 13.2 Å². The maximum absolute atomic E-state index is 12.3. The fraction of sp³-hybridized carbons (Fsp3) is 0.278. The molecule has 0 bridgehead atoms. The van der Waals surface area contributed by atoms with Gasteiger partial charge in [0.25, 0.3) is 0 Å². The Hall–Kier alpha value is -1.93. The van der Waals surface area contributed by atoms with Crippen LogP contribution >= 0.6 is 23.2 Å². The minimum Gasteiger partial charge on any atom is -0.492 e. The van der Waals surface area contributed by atoms with E-state index in [1.807, 2.05) is 18.2 Å². The second kappa shape index (κ2) is 7.76. The smallest absolute Gasteiger partial charge is 0.243 e. The zero-order valence-corrected chi connectivity index (χ0v) is 14.7. The summed E-state index contributed by atoms with van der Waals surface area (Å²) in [5, 5.41) is 10.5. The summed E-state index contributed by atoms with van der Waals surface area (Å²) in [6, 6.07) is 9.03. The number of aliphatic hydroxyl groups is 1. The van der Waals surface area contributed by atoms with Gasteiger partial charge in [0.1, 0.15) is 10.1 Å². The summed E-state index contributed by atoms with van der Waals surface area (Å²) in [7, 11) is 0. The maximum Gasteiger partial charge on any atom is 0.243 e. The highest BCUT2D eigenvalue weighted by Gasteiger charge is 2.47. The van der Waals surface area contributed by atoms with Crippen LogP contribution in [0.3, 0.4) is 0 Å². The summed E-state index contributed by atoms with van der Waals surface area (Å²) in [6.45, 7) is 3.76. The van der Waals surface area contributed by atoms with Gasteiger partial charge in [0.05, 0.1) is 13.2 Å². The van der Waals surface area contributed by atoms with Crippen LogP contribution in [0.4, 0.5) is 0 Å². The number of benzene rings is 1. The largest absolute Gasteiger partial charge is 0.492 e. The summed E-state index contributed by atoms with van der Waals surface area (Å²) in [4.78, 5) is 12.3. The van der Waals surface area contributed by atoms with Crippen molar-refractivity contribution < 1.29 is 19.4 Å². The Labute approximate surface area is 150 Å². The average molecular weight is 367 g/mol. The van der Waals surface area contributed by atoms with Gasteiger partial charge in [-0.15, -0.1) is 0 Å². The van der Waals surface area contributed by atoms with Crippen LogP contribution in [-0.4, -0.2) is 29.7 Å². The number of Topliss-reactive ketones (excluding diaryl/α,β-unsaturated/α-hetero) is 1. The highest BCUT2D eigenvalue weighted by atomic mass is 35.5. The fourth-order valence-electron chi connectivity index (χ4n) is 2.11. The summed E-state index contributed by atoms with van der Waals surface area (Å²) in [5.41, 5.74) is -1.39. The predicted molar refractivity (Wildman–Crippen MR) is 92.3 cm³/mol. The van der Waals surface area contributed by atoms with Crippen molar-refractivity contribution in [2.45, 2.75) is 19.4 Å². The Morgan fingerprint density at radius 2 is 1.75 bits per heavy atom. The number of halogens is 2. The third-order valence-electron chi connectivity index (χ3n) is 3.19. The van der Waals surface area contributed by atoms with E-state index in [0.717, 1.165) is 0 Å². The molecule has 4 nitrogen and oxygen atoms in total. The summed E-state index contributed by atoms with van der Waals surface area (Å²) in [5.74, 6) is 4.42. The van der Waals surface area contributed by atoms with E-state index in [1.165, 1.54) is 0 Å². The molecule has 0 aromatic heterocycles. The van der Waals surface area contributed by atoms with Gasteiger partial charge in [0.15, 0.2) is 11.5 Å². The minimum atomic E-state index is -2.05. The molecule has 1 aromatic rings. The number of carbonyl (C=O) groups excluding carboxylic acids is 1. The molecule has 0 spiro atoms. The monoisotopic (exact) mass is 366 g/mol. The molecule has 0 saturated carbocycles. The molecule has 126 valence electrons. The Kier molecular flexibility index (Phi) is 5.95. The first-order valence-corrected chi connectivity index (χ1v) is 8.12. The molecule has 1 aliphatic carbocycles. The molecule has 1 N–H and O–H groups in total. The Morgan fingerprint density at radius 1 is 1.12 bits per heavy atom. The molecule has 1 atom stereocenters. The second-order valence-electron chi connectivity index (χ2n) is 4.81. The molecule has 0 aliphatic heterocycles. The molecule has 0 unspecified atom stereocenters. The first kappa shape index (κ1) is 18.4. The number of ketones is 1. The van der Waals surface area contributed by atoms with Crippen molar-refractivity contribution in [2.24, 2.45) is 0 Å². The molecule has 0 heterocycles.